The zero-order chi connectivity index (χ0) is 31.1. The van der Waals surface area contributed by atoms with Crippen LogP contribution in [0.4, 0.5) is 0 Å². The minimum atomic E-state index is 0.669. The van der Waals surface area contributed by atoms with Crippen molar-refractivity contribution in [2.45, 2.75) is 6.54 Å². The molecule has 0 saturated carbocycles. The Bertz CT molecular complexity index is 2140. The zero-order valence-electron chi connectivity index (χ0n) is 25.1. The van der Waals surface area contributed by atoms with Gasteiger partial charge in [0.05, 0.1) is 11.2 Å². The summed E-state index contributed by atoms with van der Waals surface area (Å²) < 4.78 is 0. The summed E-state index contributed by atoms with van der Waals surface area (Å²) in [6.07, 6.45) is 8.39. The van der Waals surface area contributed by atoms with Gasteiger partial charge in [-0.15, -0.1) is 0 Å². The molecule has 5 heteroatoms. The third-order valence-corrected chi connectivity index (χ3v) is 7.94. The summed E-state index contributed by atoms with van der Waals surface area (Å²) in [5.41, 5.74) is 11.4. The van der Waals surface area contributed by atoms with Gasteiger partial charge in [-0.25, -0.2) is 9.97 Å². The average Bonchev–Trinajstić information content (AvgIpc) is 3.14. The SMILES string of the molecule is N=C/C=C\NCc1ccc(-c2cc(-c3cccnc3)cc(-c3nc(-c4ccccc4)c4ccc(-c5ccccc5)cc4n3)c2)cc1. The van der Waals surface area contributed by atoms with E-state index in [9.17, 15) is 0 Å². The van der Waals surface area contributed by atoms with Crippen LogP contribution in [0, 0.1) is 5.41 Å². The van der Waals surface area contributed by atoms with Crippen LogP contribution in [0.25, 0.3) is 66.9 Å². The lowest BCUT2D eigenvalue weighted by molar-refractivity contribution is 0.871. The third-order valence-electron chi connectivity index (χ3n) is 7.94. The zero-order valence-corrected chi connectivity index (χ0v) is 25.1. The fourth-order valence-corrected chi connectivity index (χ4v) is 5.62. The molecule has 2 N–H and O–H groups in total. The number of hydrogen-bond donors (Lipinski definition) is 2. The Labute approximate surface area is 268 Å². The molecule has 7 rings (SSSR count). The van der Waals surface area contributed by atoms with E-state index in [4.69, 9.17) is 15.4 Å². The molecule has 0 saturated heterocycles. The van der Waals surface area contributed by atoms with Gasteiger partial charge in [0.15, 0.2) is 5.82 Å². The molecule has 0 aliphatic carbocycles. The van der Waals surface area contributed by atoms with Crippen molar-refractivity contribution in [3.8, 4) is 56.0 Å². The molecule has 5 aromatic carbocycles. The van der Waals surface area contributed by atoms with Gasteiger partial charge in [0.1, 0.15) is 0 Å². The number of aromatic nitrogens is 3. The van der Waals surface area contributed by atoms with Crippen molar-refractivity contribution < 1.29 is 0 Å². The van der Waals surface area contributed by atoms with Crippen LogP contribution in [0.1, 0.15) is 5.56 Å². The van der Waals surface area contributed by atoms with Gasteiger partial charge in [-0.05, 0) is 82.1 Å². The number of pyridine rings is 1. The smallest absolute Gasteiger partial charge is 0.160 e. The molecule has 220 valence electrons. The Morgan fingerprint density at radius 1 is 0.565 bits per heavy atom. The van der Waals surface area contributed by atoms with Gasteiger partial charge in [-0.1, -0.05) is 97.1 Å². The Morgan fingerprint density at radius 2 is 1.22 bits per heavy atom. The molecule has 46 heavy (non-hydrogen) atoms. The second-order valence-corrected chi connectivity index (χ2v) is 11.0. The molecule has 5 nitrogen and oxygen atoms in total. The lowest BCUT2D eigenvalue weighted by Gasteiger charge is -2.14. The van der Waals surface area contributed by atoms with E-state index in [-0.39, 0.29) is 0 Å². The van der Waals surface area contributed by atoms with Crippen LogP contribution in [0.5, 0.6) is 0 Å². The molecular formula is C41H31N5. The molecule has 0 amide bonds. The quantitative estimate of drug-likeness (QED) is 0.163. The number of rotatable bonds is 9. The number of allylic oxidation sites excluding steroid dienone is 1. The third kappa shape index (κ3) is 6.21. The van der Waals surface area contributed by atoms with Crippen molar-refractivity contribution in [1.29, 1.82) is 5.41 Å². The highest BCUT2D eigenvalue weighted by molar-refractivity contribution is 5.96. The maximum absolute atomic E-state index is 7.14. The van der Waals surface area contributed by atoms with Gasteiger partial charge < -0.3 is 10.7 Å². The molecule has 2 heterocycles. The van der Waals surface area contributed by atoms with Crippen LogP contribution in [-0.2, 0) is 6.54 Å². The highest BCUT2D eigenvalue weighted by Gasteiger charge is 2.15. The van der Waals surface area contributed by atoms with Crippen molar-refractivity contribution in [3.05, 3.63) is 164 Å². The van der Waals surface area contributed by atoms with Gasteiger partial charge in [-0.3, -0.25) is 4.98 Å². The van der Waals surface area contributed by atoms with Crippen LogP contribution < -0.4 is 5.32 Å². The minimum Gasteiger partial charge on any atom is -0.387 e. The molecule has 0 aliphatic rings. The Hall–Kier alpha value is -6.20. The highest BCUT2D eigenvalue weighted by Crippen LogP contribution is 2.35. The van der Waals surface area contributed by atoms with Crippen molar-refractivity contribution in [3.63, 3.8) is 0 Å². The number of nitrogens with zero attached hydrogens (tertiary/aromatic N) is 3. The molecule has 0 aliphatic heterocycles. The molecule has 2 aromatic heterocycles. The summed E-state index contributed by atoms with van der Waals surface area (Å²) in [7, 11) is 0. The maximum atomic E-state index is 7.14. The number of hydrogen-bond acceptors (Lipinski definition) is 5. The van der Waals surface area contributed by atoms with E-state index in [1.807, 2.05) is 36.5 Å². The van der Waals surface area contributed by atoms with E-state index in [2.05, 4.69) is 113 Å². The number of fused-ring (bicyclic) bond motifs is 1. The topological polar surface area (TPSA) is 74.6 Å². The second-order valence-electron chi connectivity index (χ2n) is 11.0. The Kier molecular flexibility index (Phi) is 8.20. The summed E-state index contributed by atoms with van der Waals surface area (Å²) in [5, 5.41) is 11.4. The molecule has 0 bridgehead atoms. The van der Waals surface area contributed by atoms with Gasteiger partial charge in [0.2, 0.25) is 0 Å². The molecular weight excluding hydrogens is 562 g/mol. The standard InChI is InChI=1S/C41H31N5/c42-20-8-22-43-27-29-14-16-31(17-15-29)35-23-36(34-13-7-21-44-28-34)25-37(24-35)41-45-39-26-33(30-9-3-1-4-10-30)18-19-38(39)40(46-41)32-11-5-2-6-12-32/h1-26,28,42-43H,27H2/b22-8-,42-20?. The first-order valence-corrected chi connectivity index (χ1v) is 15.2. The fourth-order valence-electron chi connectivity index (χ4n) is 5.62. The predicted molar refractivity (Wildman–Crippen MR) is 189 cm³/mol. The van der Waals surface area contributed by atoms with E-state index in [0.717, 1.165) is 66.7 Å². The maximum Gasteiger partial charge on any atom is 0.160 e. The summed E-state index contributed by atoms with van der Waals surface area (Å²) in [6, 6.07) is 46.3. The van der Waals surface area contributed by atoms with E-state index in [1.54, 1.807) is 18.5 Å². The van der Waals surface area contributed by atoms with Crippen LogP contribution in [0.3, 0.4) is 0 Å². The molecule has 0 spiro atoms. The number of benzene rings is 5. The second kappa shape index (κ2) is 13.2. The van der Waals surface area contributed by atoms with Gasteiger partial charge in [-0.2, -0.15) is 0 Å². The minimum absolute atomic E-state index is 0.669. The van der Waals surface area contributed by atoms with Crippen molar-refractivity contribution in [2.24, 2.45) is 0 Å². The monoisotopic (exact) mass is 593 g/mol. The van der Waals surface area contributed by atoms with Crippen LogP contribution in [-0.4, -0.2) is 21.2 Å². The Balaban J connectivity index is 1.38. The molecule has 0 radical (unpaired) electrons. The summed E-state index contributed by atoms with van der Waals surface area (Å²) >= 11 is 0. The Morgan fingerprint density at radius 3 is 1.93 bits per heavy atom. The van der Waals surface area contributed by atoms with Crippen LogP contribution in [0.15, 0.2) is 158 Å². The summed E-state index contributed by atoms with van der Waals surface area (Å²) in [6.45, 7) is 0.684. The first-order chi connectivity index (χ1) is 22.7. The first kappa shape index (κ1) is 28.6. The lowest BCUT2D eigenvalue weighted by atomic mass is 9.95. The largest absolute Gasteiger partial charge is 0.387 e. The van der Waals surface area contributed by atoms with E-state index in [1.165, 1.54) is 6.21 Å². The van der Waals surface area contributed by atoms with Crippen molar-refractivity contribution in [2.75, 3.05) is 0 Å². The summed E-state index contributed by atoms with van der Waals surface area (Å²) in [4.78, 5) is 14.8. The molecule has 0 unspecified atom stereocenters. The fraction of sp³-hybridized carbons (Fsp3) is 0.0244. The highest BCUT2D eigenvalue weighted by atomic mass is 14.9. The van der Waals surface area contributed by atoms with E-state index < -0.39 is 0 Å². The van der Waals surface area contributed by atoms with Crippen LogP contribution in [0.2, 0.25) is 0 Å². The molecule has 0 atom stereocenters. The predicted octanol–water partition coefficient (Wildman–Crippen LogP) is 9.61. The molecule has 7 aromatic rings. The summed E-state index contributed by atoms with van der Waals surface area (Å²) in [5.74, 6) is 0.669. The van der Waals surface area contributed by atoms with Gasteiger partial charge in [0, 0.05) is 47.2 Å². The van der Waals surface area contributed by atoms with E-state index in [0.29, 0.717) is 12.4 Å². The van der Waals surface area contributed by atoms with Crippen molar-refractivity contribution in [1.82, 2.24) is 20.3 Å². The lowest BCUT2D eigenvalue weighted by Crippen LogP contribution is -2.04. The van der Waals surface area contributed by atoms with E-state index >= 15 is 0 Å². The van der Waals surface area contributed by atoms with Gasteiger partial charge in [0.25, 0.3) is 0 Å². The number of nitrogens with one attached hydrogen (secondary N) is 2. The van der Waals surface area contributed by atoms with Gasteiger partial charge >= 0.3 is 0 Å². The normalized spacial score (nSPS) is 11.1. The first-order valence-electron chi connectivity index (χ1n) is 15.2. The van der Waals surface area contributed by atoms with Crippen molar-refractivity contribution >= 4 is 17.1 Å². The van der Waals surface area contributed by atoms with Crippen LogP contribution >= 0.6 is 0 Å². The average molecular weight is 594 g/mol. The molecule has 0 fully saturated rings.